The molecule has 4 heterocycles. The van der Waals surface area contributed by atoms with Gasteiger partial charge < -0.3 is 14.5 Å². The van der Waals surface area contributed by atoms with E-state index in [1.807, 2.05) is 28.9 Å². The summed E-state index contributed by atoms with van der Waals surface area (Å²) < 4.78 is 1.98. The molecular weight excluding hydrogens is 302 g/mol. The van der Waals surface area contributed by atoms with Crippen molar-refractivity contribution in [2.24, 2.45) is 7.05 Å². The Morgan fingerprint density at radius 2 is 2.23 bits per heavy atom. The van der Waals surface area contributed by atoms with Gasteiger partial charge in [-0.25, -0.2) is 19.7 Å². The molecular formula is C13H13N7OS. The molecule has 0 fully saturated rings. The first-order chi connectivity index (χ1) is 10.7. The average molecular weight is 315 g/mol. The highest BCUT2D eigenvalue weighted by Crippen LogP contribution is 2.33. The quantitative estimate of drug-likeness (QED) is 0.730. The lowest BCUT2D eigenvalue weighted by molar-refractivity contribution is 0.897. The van der Waals surface area contributed by atoms with E-state index in [2.05, 4.69) is 24.9 Å². The molecule has 0 saturated carbocycles. The number of hydrogen-bond acceptors (Lipinski definition) is 6. The van der Waals surface area contributed by atoms with Crippen LogP contribution in [0.15, 0.2) is 29.8 Å². The normalized spacial score (nSPS) is 15.3. The van der Waals surface area contributed by atoms with Crippen molar-refractivity contribution in [2.45, 2.75) is 0 Å². The maximum Gasteiger partial charge on any atom is 0.325 e. The summed E-state index contributed by atoms with van der Waals surface area (Å²) in [5, 5.41) is 0. The molecule has 3 aromatic heterocycles. The van der Waals surface area contributed by atoms with Crippen LogP contribution in [0.2, 0.25) is 0 Å². The van der Waals surface area contributed by atoms with Crippen molar-refractivity contribution < 1.29 is 0 Å². The third-order valence-electron chi connectivity index (χ3n) is 3.50. The van der Waals surface area contributed by atoms with Crippen LogP contribution in [0.1, 0.15) is 5.69 Å². The Morgan fingerprint density at radius 1 is 1.32 bits per heavy atom. The fourth-order valence-corrected chi connectivity index (χ4v) is 3.51. The Morgan fingerprint density at radius 3 is 3.05 bits per heavy atom. The molecule has 0 spiro atoms. The van der Waals surface area contributed by atoms with E-state index >= 15 is 0 Å². The molecule has 0 aromatic carbocycles. The van der Waals surface area contributed by atoms with Gasteiger partial charge in [0.1, 0.15) is 11.8 Å². The maximum atomic E-state index is 11.5. The second kappa shape index (κ2) is 5.02. The number of anilines is 1. The maximum absolute atomic E-state index is 11.5. The monoisotopic (exact) mass is 315 g/mol. The molecule has 1 aliphatic heterocycles. The summed E-state index contributed by atoms with van der Waals surface area (Å²) in [6.07, 6.45) is 7.12. The zero-order valence-corrected chi connectivity index (χ0v) is 12.6. The molecule has 22 heavy (non-hydrogen) atoms. The average Bonchev–Trinajstić information content (AvgIpc) is 3.11. The number of aromatic amines is 2. The molecule has 9 heteroatoms. The molecule has 112 valence electrons. The number of hydrogen-bond donors (Lipinski definition) is 2. The Bertz CT molecular complexity index is 922. The van der Waals surface area contributed by atoms with Crippen molar-refractivity contribution in [3.63, 3.8) is 0 Å². The Hall–Kier alpha value is -2.55. The van der Waals surface area contributed by atoms with Crippen LogP contribution < -0.4 is 10.6 Å². The van der Waals surface area contributed by atoms with Gasteiger partial charge in [-0.15, -0.1) is 11.8 Å². The van der Waals surface area contributed by atoms with Gasteiger partial charge in [-0.3, -0.25) is 4.98 Å². The van der Waals surface area contributed by atoms with Crippen LogP contribution in [0.3, 0.4) is 0 Å². The molecule has 0 unspecified atom stereocenters. The Kier molecular flexibility index (Phi) is 3.00. The number of nitrogens with zero attached hydrogens (tertiary/aromatic N) is 5. The summed E-state index contributed by atoms with van der Waals surface area (Å²) in [5.74, 6) is 1.63. The number of rotatable bonds is 2. The first-order valence-electron chi connectivity index (χ1n) is 6.73. The molecule has 0 saturated heterocycles. The van der Waals surface area contributed by atoms with Crippen LogP contribution >= 0.6 is 11.8 Å². The Labute approximate surface area is 129 Å². The van der Waals surface area contributed by atoms with E-state index in [-0.39, 0.29) is 5.69 Å². The minimum Gasteiger partial charge on any atom is -0.333 e. The number of aromatic nitrogens is 6. The zero-order chi connectivity index (χ0) is 15.1. The van der Waals surface area contributed by atoms with Crippen LogP contribution in [0.4, 0.5) is 5.82 Å². The number of aryl methyl sites for hydroxylation is 1. The predicted molar refractivity (Wildman–Crippen MR) is 85.5 cm³/mol. The molecule has 2 N–H and O–H groups in total. The molecule has 0 amide bonds. The van der Waals surface area contributed by atoms with E-state index in [0.717, 1.165) is 22.9 Å². The fraction of sp³-hybridized carbons (Fsp3) is 0.231. The van der Waals surface area contributed by atoms with Crippen molar-refractivity contribution >= 4 is 33.6 Å². The summed E-state index contributed by atoms with van der Waals surface area (Å²) in [6, 6.07) is 0. The van der Waals surface area contributed by atoms with Gasteiger partial charge in [-0.2, -0.15) is 0 Å². The number of imidazole rings is 2. The molecule has 0 radical (unpaired) electrons. The molecule has 3 aromatic rings. The van der Waals surface area contributed by atoms with Crippen molar-refractivity contribution in [2.75, 3.05) is 17.2 Å². The van der Waals surface area contributed by atoms with Crippen molar-refractivity contribution in [3.05, 3.63) is 41.2 Å². The SMILES string of the molecule is Cn1cncc1C1=CN(c2ncnc3[nH]c(=O)[nH]c23)CCS1. The fourth-order valence-electron chi connectivity index (χ4n) is 2.46. The topological polar surface area (TPSA) is 95.5 Å². The van der Waals surface area contributed by atoms with E-state index in [4.69, 9.17) is 0 Å². The van der Waals surface area contributed by atoms with Crippen LogP contribution in [0.5, 0.6) is 0 Å². The van der Waals surface area contributed by atoms with Crippen LogP contribution in [0, 0.1) is 0 Å². The van der Waals surface area contributed by atoms with Gasteiger partial charge in [0.2, 0.25) is 0 Å². The number of H-pyrrole nitrogens is 2. The van der Waals surface area contributed by atoms with Crippen molar-refractivity contribution in [1.29, 1.82) is 0 Å². The molecule has 0 aliphatic carbocycles. The van der Waals surface area contributed by atoms with Gasteiger partial charge in [0.15, 0.2) is 11.5 Å². The first kappa shape index (κ1) is 13.1. The highest BCUT2D eigenvalue weighted by atomic mass is 32.2. The van der Waals surface area contributed by atoms with Crippen LogP contribution in [0.25, 0.3) is 16.1 Å². The largest absolute Gasteiger partial charge is 0.333 e. The van der Waals surface area contributed by atoms with E-state index < -0.39 is 0 Å². The predicted octanol–water partition coefficient (Wildman–Crippen LogP) is 0.931. The second-order valence-corrected chi connectivity index (χ2v) is 6.06. The second-order valence-electron chi connectivity index (χ2n) is 4.92. The van der Waals surface area contributed by atoms with E-state index in [1.165, 1.54) is 6.33 Å². The number of nitrogens with one attached hydrogen (secondary N) is 2. The van der Waals surface area contributed by atoms with Gasteiger partial charge in [0.25, 0.3) is 0 Å². The van der Waals surface area contributed by atoms with Crippen molar-refractivity contribution in [1.82, 2.24) is 29.5 Å². The number of fused-ring (bicyclic) bond motifs is 1. The van der Waals surface area contributed by atoms with Crippen LogP contribution in [-0.4, -0.2) is 41.8 Å². The lowest BCUT2D eigenvalue weighted by atomic mass is 10.4. The lowest BCUT2D eigenvalue weighted by Gasteiger charge is -2.25. The van der Waals surface area contributed by atoms with E-state index in [1.54, 1.807) is 18.1 Å². The summed E-state index contributed by atoms with van der Waals surface area (Å²) in [5.41, 5.74) is 1.92. The van der Waals surface area contributed by atoms with Crippen LogP contribution in [-0.2, 0) is 7.05 Å². The Balaban J connectivity index is 1.81. The van der Waals surface area contributed by atoms with Gasteiger partial charge in [0.05, 0.1) is 18.2 Å². The zero-order valence-electron chi connectivity index (χ0n) is 11.8. The molecule has 0 bridgehead atoms. The third kappa shape index (κ3) is 2.10. The number of thioether (sulfide) groups is 1. The minimum absolute atomic E-state index is 0.279. The third-order valence-corrected chi connectivity index (χ3v) is 4.51. The smallest absolute Gasteiger partial charge is 0.325 e. The summed E-state index contributed by atoms with van der Waals surface area (Å²) >= 11 is 1.78. The van der Waals surface area contributed by atoms with Gasteiger partial charge in [0, 0.05) is 30.5 Å². The van der Waals surface area contributed by atoms with Gasteiger partial charge >= 0.3 is 5.69 Å². The molecule has 8 nitrogen and oxygen atoms in total. The molecule has 1 aliphatic rings. The molecule has 4 rings (SSSR count). The summed E-state index contributed by atoms with van der Waals surface area (Å²) in [7, 11) is 1.97. The van der Waals surface area contributed by atoms with E-state index in [0.29, 0.717) is 17.0 Å². The van der Waals surface area contributed by atoms with Gasteiger partial charge in [-0.1, -0.05) is 0 Å². The first-order valence-corrected chi connectivity index (χ1v) is 7.72. The summed E-state index contributed by atoms with van der Waals surface area (Å²) in [4.78, 5) is 32.6. The van der Waals surface area contributed by atoms with Gasteiger partial charge in [-0.05, 0) is 0 Å². The highest BCUT2D eigenvalue weighted by Gasteiger charge is 2.19. The van der Waals surface area contributed by atoms with E-state index in [9.17, 15) is 4.79 Å². The highest BCUT2D eigenvalue weighted by molar-refractivity contribution is 8.08. The van der Waals surface area contributed by atoms with Crippen molar-refractivity contribution in [3.8, 4) is 0 Å². The minimum atomic E-state index is -0.279. The molecule has 0 atom stereocenters. The standard InChI is InChI=1S/C13H13N7OS/c1-19-7-14-4-8(19)9-5-20(2-3-22-9)12-10-11(15-6-16-12)18-13(21)17-10/h4-7H,2-3H2,1H3,(H2,15,16,17,18,21). The summed E-state index contributed by atoms with van der Waals surface area (Å²) in [6.45, 7) is 0.811. The lowest BCUT2D eigenvalue weighted by Crippen LogP contribution is -2.24.